The van der Waals surface area contributed by atoms with Crippen LogP contribution < -0.4 is 10.1 Å². The summed E-state index contributed by atoms with van der Waals surface area (Å²) in [4.78, 5) is 12.0. The summed E-state index contributed by atoms with van der Waals surface area (Å²) in [6, 6.07) is 6.84. The quantitative estimate of drug-likeness (QED) is 0.572. The smallest absolute Gasteiger partial charge is 0.327 e. The minimum absolute atomic E-state index is 0.317. The summed E-state index contributed by atoms with van der Waals surface area (Å²) in [7, 11) is 3.19. The number of rotatable bonds is 8. The van der Waals surface area contributed by atoms with Gasteiger partial charge in [-0.05, 0) is 13.0 Å². The van der Waals surface area contributed by atoms with Gasteiger partial charge in [-0.3, -0.25) is 5.32 Å². The van der Waals surface area contributed by atoms with Crippen molar-refractivity contribution in [2.45, 2.75) is 13.0 Å². The Balaban J connectivity index is 2.90. The fraction of sp³-hybridized carbons (Fsp3) is 0.500. The maximum absolute atomic E-state index is 12.0. The van der Waals surface area contributed by atoms with Gasteiger partial charge in [0.05, 0.1) is 20.3 Å². The first-order valence-corrected chi connectivity index (χ1v) is 6.26. The standard InChI is InChI=1S/C14H21NO4/c1-4-19-14(16)13(15-9-10-17-2)11-7-5-6-8-12(11)18-3/h5-8,13,15H,4,9-10H2,1-3H3. The van der Waals surface area contributed by atoms with Crippen molar-refractivity contribution in [1.82, 2.24) is 5.32 Å². The lowest BCUT2D eigenvalue weighted by atomic mass is 10.1. The number of carbonyl (C=O) groups is 1. The Hall–Kier alpha value is -1.59. The second kappa shape index (κ2) is 8.50. The van der Waals surface area contributed by atoms with Gasteiger partial charge in [0.15, 0.2) is 0 Å². The lowest BCUT2D eigenvalue weighted by molar-refractivity contribution is -0.146. The lowest BCUT2D eigenvalue weighted by Crippen LogP contribution is -2.32. The minimum atomic E-state index is -0.550. The molecule has 1 N–H and O–H groups in total. The van der Waals surface area contributed by atoms with Crippen LogP contribution in [0.4, 0.5) is 0 Å². The first-order valence-electron chi connectivity index (χ1n) is 6.26. The van der Waals surface area contributed by atoms with Crippen molar-refractivity contribution in [2.24, 2.45) is 0 Å². The summed E-state index contributed by atoms with van der Waals surface area (Å²) in [6.07, 6.45) is 0. The van der Waals surface area contributed by atoms with E-state index in [1.165, 1.54) is 0 Å². The third-order valence-electron chi connectivity index (χ3n) is 2.63. The summed E-state index contributed by atoms with van der Waals surface area (Å²) >= 11 is 0. The molecule has 106 valence electrons. The molecule has 5 nitrogen and oxygen atoms in total. The molecule has 0 aromatic heterocycles. The van der Waals surface area contributed by atoms with E-state index in [4.69, 9.17) is 14.2 Å². The van der Waals surface area contributed by atoms with Crippen molar-refractivity contribution >= 4 is 5.97 Å². The van der Waals surface area contributed by atoms with Gasteiger partial charge in [0, 0.05) is 19.2 Å². The Labute approximate surface area is 113 Å². The Morgan fingerprint density at radius 2 is 2.05 bits per heavy atom. The van der Waals surface area contributed by atoms with Crippen LogP contribution in [0.2, 0.25) is 0 Å². The van der Waals surface area contributed by atoms with Crippen molar-refractivity contribution in [3.8, 4) is 5.75 Å². The molecule has 0 saturated carbocycles. The zero-order valence-corrected chi connectivity index (χ0v) is 11.6. The molecule has 5 heteroatoms. The van der Waals surface area contributed by atoms with E-state index in [0.717, 1.165) is 5.56 Å². The van der Waals surface area contributed by atoms with Gasteiger partial charge in [-0.25, -0.2) is 4.79 Å². The number of para-hydroxylation sites is 1. The van der Waals surface area contributed by atoms with E-state index in [9.17, 15) is 4.79 Å². The second-order valence-electron chi connectivity index (χ2n) is 3.87. The van der Waals surface area contributed by atoms with Crippen LogP contribution in [-0.2, 0) is 14.3 Å². The van der Waals surface area contributed by atoms with Crippen molar-refractivity contribution in [2.75, 3.05) is 34.0 Å². The number of benzene rings is 1. The number of hydrogen-bond acceptors (Lipinski definition) is 5. The van der Waals surface area contributed by atoms with Crippen molar-refractivity contribution < 1.29 is 19.0 Å². The molecule has 0 spiro atoms. The van der Waals surface area contributed by atoms with E-state index in [2.05, 4.69) is 5.32 Å². The number of ether oxygens (including phenoxy) is 3. The Morgan fingerprint density at radius 1 is 1.32 bits per heavy atom. The molecule has 1 unspecified atom stereocenters. The summed E-state index contributed by atoms with van der Waals surface area (Å²) in [5, 5.41) is 3.12. The SMILES string of the molecule is CCOC(=O)C(NCCOC)c1ccccc1OC. The third-order valence-corrected chi connectivity index (χ3v) is 2.63. The molecule has 19 heavy (non-hydrogen) atoms. The van der Waals surface area contributed by atoms with E-state index in [0.29, 0.717) is 25.5 Å². The maximum Gasteiger partial charge on any atom is 0.327 e. The highest BCUT2D eigenvalue weighted by Crippen LogP contribution is 2.25. The average molecular weight is 267 g/mol. The number of nitrogens with one attached hydrogen (secondary N) is 1. The number of methoxy groups -OCH3 is 2. The number of hydrogen-bond donors (Lipinski definition) is 1. The van der Waals surface area contributed by atoms with E-state index >= 15 is 0 Å². The largest absolute Gasteiger partial charge is 0.496 e. The van der Waals surface area contributed by atoms with Gasteiger partial charge in [-0.15, -0.1) is 0 Å². The predicted octanol–water partition coefficient (Wildman–Crippen LogP) is 1.54. The summed E-state index contributed by atoms with van der Waals surface area (Å²) in [5.74, 6) is 0.341. The van der Waals surface area contributed by atoms with E-state index in [1.54, 1.807) is 21.1 Å². The van der Waals surface area contributed by atoms with Crippen molar-refractivity contribution in [1.29, 1.82) is 0 Å². The molecule has 1 aromatic rings. The Morgan fingerprint density at radius 3 is 2.68 bits per heavy atom. The first kappa shape index (κ1) is 15.5. The van der Waals surface area contributed by atoms with Crippen molar-refractivity contribution in [3.63, 3.8) is 0 Å². The molecule has 0 bridgehead atoms. The number of carbonyl (C=O) groups excluding carboxylic acids is 1. The normalized spacial score (nSPS) is 11.9. The monoisotopic (exact) mass is 267 g/mol. The minimum Gasteiger partial charge on any atom is -0.496 e. The molecule has 0 aliphatic carbocycles. The fourth-order valence-electron chi connectivity index (χ4n) is 1.76. The molecule has 0 fully saturated rings. The molecular formula is C14H21NO4. The maximum atomic E-state index is 12.0. The third kappa shape index (κ3) is 4.54. The molecule has 0 saturated heterocycles. The number of esters is 1. The zero-order valence-electron chi connectivity index (χ0n) is 11.6. The molecule has 0 aliphatic rings. The molecule has 0 radical (unpaired) electrons. The van der Waals surface area contributed by atoms with Gasteiger partial charge in [0.1, 0.15) is 11.8 Å². The highest BCUT2D eigenvalue weighted by molar-refractivity contribution is 5.78. The Kier molecular flexibility index (Phi) is 6.92. The van der Waals surface area contributed by atoms with E-state index in [1.807, 2.05) is 24.3 Å². The molecular weight excluding hydrogens is 246 g/mol. The molecule has 1 aromatic carbocycles. The molecule has 0 heterocycles. The van der Waals surface area contributed by atoms with Crippen LogP contribution in [0.1, 0.15) is 18.5 Å². The zero-order chi connectivity index (χ0) is 14.1. The van der Waals surface area contributed by atoms with Crippen LogP contribution >= 0.6 is 0 Å². The van der Waals surface area contributed by atoms with Crippen LogP contribution in [0, 0.1) is 0 Å². The van der Waals surface area contributed by atoms with Crippen LogP contribution in [0.3, 0.4) is 0 Å². The fourth-order valence-corrected chi connectivity index (χ4v) is 1.76. The molecule has 1 rings (SSSR count). The van der Waals surface area contributed by atoms with Gasteiger partial charge >= 0.3 is 5.97 Å². The second-order valence-corrected chi connectivity index (χ2v) is 3.87. The van der Waals surface area contributed by atoms with Gasteiger partial charge in [-0.2, -0.15) is 0 Å². The van der Waals surface area contributed by atoms with Crippen molar-refractivity contribution in [3.05, 3.63) is 29.8 Å². The molecule has 0 aliphatic heterocycles. The molecule has 1 atom stereocenters. The summed E-state index contributed by atoms with van der Waals surface area (Å²) < 4.78 is 15.4. The lowest BCUT2D eigenvalue weighted by Gasteiger charge is -2.19. The van der Waals surface area contributed by atoms with E-state index in [-0.39, 0.29) is 5.97 Å². The van der Waals surface area contributed by atoms with Gasteiger partial charge < -0.3 is 14.2 Å². The van der Waals surface area contributed by atoms with Gasteiger partial charge in [0.25, 0.3) is 0 Å². The first-order chi connectivity index (χ1) is 9.24. The highest BCUT2D eigenvalue weighted by Gasteiger charge is 2.24. The van der Waals surface area contributed by atoms with Crippen LogP contribution in [0.5, 0.6) is 5.75 Å². The van der Waals surface area contributed by atoms with Gasteiger partial charge in [-0.1, -0.05) is 18.2 Å². The molecule has 0 amide bonds. The van der Waals surface area contributed by atoms with Crippen LogP contribution in [0.25, 0.3) is 0 Å². The predicted molar refractivity (Wildman–Crippen MR) is 72.2 cm³/mol. The van der Waals surface area contributed by atoms with E-state index < -0.39 is 6.04 Å². The van der Waals surface area contributed by atoms with Gasteiger partial charge in [0.2, 0.25) is 0 Å². The summed E-state index contributed by atoms with van der Waals surface area (Å²) in [5.41, 5.74) is 0.763. The topological polar surface area (TPSA) is 56.8 Å². The average Bonchev–Trinajstić information content (AvgIpc) is 2.44. The van der Waals surface area contributed by atoms with Crippen LogP contribution in [0.15, 0.2) is 24.3 Å². The Bertz CT molecular complexity index is 395. The summed E-state index contributed by atoms with van der Waals surface area (Å²) in [6.45, 7) is 3.20. The highest BCUT2D eigenvalue weighted by atomic mass is 16.5. The van der Waals surface area contributed by atoms with Crippen LogP contribution in [-0.4, -0.2) is 39.9 Å².